The molecule has 26 heavy (non-hydrogen) atoms. The van der Waals surface area contributed by atoms with Gasteiger partial charge in [-0.2, -0.15) is 10.2 Å². The van der Waals surface area contributed by atoms with Gasteiger partial charge >= 0.3 is 5.69 Å². The van der Waals surface area contributed by atoms with Crippen molar-refractivity contribution in [2.45, 2.75) is 26.4 Å². The van der Waals surface area contributed by atoms with Gasteiger partial charge < -0.3 is 5.32 Å². The maximum absolute atomic E-state index is 12.1. The topological polar surface area (TPSA) is 108 Å². The molecule has 2 aromatic heterocycles. The van der Waals surface area contributed by atoms with Gasteiger partial charge in [0.05, 0.1) is 18.0 Å². The Bertz CT molecular complexity index is 916. The summed E-state index contributed by atoms with van der Waals surface area (Å²) in [7, 11) is 0. The molecule has 3 rings (SSSR count). The number of aryl methyl sites for hydroxylation is 1. The highest BCUT2D eigenvalue weighted by molar-refractivity contribution is 5.89. The predicted octanol–water partition coefficient (Wildman–Crippen LogP) is 2.37. The zero-order chi connectivity index (χ0) is 18.5. The van der Waals surface area contributed by atoms with E-state index in [-0.39, 0.29) is 24.6 Å². The lowest BCUT2D eigenvalue weighted by molar-refractivity contribution is -0.385. The number of nitrogens with one attached hydrogen (secondary N) is 1. The van der Waals surface area contributed by atoms with Crippen LogP contribution in [0.5, 0.6) is 0 Å². The predicted molar refractivity (Wildman–Crippen MR) is 94.6 cm³/mol. The molecule has 0 bridgehead atoms. The highest BCUT2D eigenvalue weighted by Crippen LogP contribution is 2.16. The fourth-order valence-corrected chi connectivity index (χ4v) is 2.54. The first kappa shape index (κ1) is 17.3. The van der Waals surface area contributed by atoms with E-state index in [9.17, 15) is 14.9 Å². The van der Waals surface area contributed by atoms with Crippen molar-refractivity contribution in [3.8, 4) is 0 Å². The molecule has 0 radical (unpaired) electrons. The molecule has 2 heterocycles. The Kier molecular flexibility index (Phi) is 5.07. The molecule has 9 nitrogen and oxygen atoms in total. The average molecular weight is 354 g/mol. The van der Waals surface area contributed by atoms with Crippen LogP contribution >= 0.6 is 0 Å². The van der Waals surface area contributed by atoms with Crippen LogP contribution in [0.25, 0.3) is 0 Å². The molecule has 1 aromatic carbocycles. The van der Waals surface area contributed by atoms with Crippen LogP contribution in [0, 0.1) is 17.0 Å². The first-order valence-corrected chi connectivity index (χ1v) is 8.07. The van der Waals surface area contributed by atoms with Crippen LogP contribution in [0.2, 0.25) is 0 Å². The SMILES string of the molecule is Cc1c([N+](=O)[O-])cnn1CCC(=O)Nc1ccn(Cc2ccccc2)n1. The molecule has 0 aliphatic carbocycles. The molecule has 0 saturated carbocycles. The maximum atomic E-state index is 12.1. The third-order valence-electron chi connectivity index (χ3n) is 3.92. The van der Waals surface area contributed by atoms with Gasteiger partial charge in [0, 0.05) is 18.7 Å². The molecule has 3 aromatic rings. The number of carbonyl (C=O) groups is 1. The summed E-state index contributed by atoms with van der Waals surface area (Å²) in [5.74, 6) is 0.238. The lowest BCUT2D eigenvalue weighted by Gasteiger charge is -2.04. The molecule has 1 N–H and O–H groups in total. The summed E-state index contributed by atoms with van der Waals surface area (Å²) in [5, 5.41) is 21.8. The molecular weight excluding hydrogens is 336 g/mol. The molecule has 0 aliphatic heterocycles. The van der Waals surface area contributed by atoms with Crippen molar-refractivity contribution in [3.05, 3.63) is 70.2 Å². The van der Waals surface area contributed by atoms with Gasteiger partial charge in [-0.1, -0.05) is 30.3 Å². The number of hydrogen-bond donors (Lipinski definition) is 1. The van der Waals surface area contributed by atoms with Crippen LogP contribution in [0.3, 0.4) is 0 Å². The van der Waals surface area contributed by atoms with Gasteiger partial charge in [-0.05, 0) is 12.5 Å². The summed E-state index contributed by atoms with van der Waals surface area (Å²) in [5.41, 5.74) is 1.49. The smallest absolute Gasteiger partial charge is 0.309 e. The first-order chi connectivity index (χ1) is 12.5. The monoisotopic (exact) mass is 354 g/mol. The molecular formula is C17H18N6O3. The molecule has 0 fully saturated rings. The fraction of sp³-hybridized carbons (Fsp3) is 0.235. The van der Waals surface area contributed by atoms with Gasteiger partial charge in [-0.15, -0.1) is 0 Å². The fourth-order valence-electron chi connectivity index (χ4n) is 2.54. The van der Waals surface area contributed by atoms with Crippen molar-refractivity contribution >= 4 is 17.4 Å². The van der Waals surface area contributed by atoms with E-state index >= 15 is 0 Å². The molecule has 9 heteroatoms. The summed E-state index contributed by atoms with van der Waals surface area (Å²) in [6.07, 6.45) is 3.13. The third kappa shape index (κ3) is 4.12. The van der Waals surface area contributed by atoms with Crippen molar-refractivity contribution < 1.29 is 9.72 Å². The van der Waals surface area contributed by atoms with E-state index in [0.29, 0.717) is 18.1 Å². The zero-order valence-corrected chi connectivity index (χ0v) is 14.2. The minimum absolute atomic E-state index is 0.0509. The Morgan fingerprint density at radius 1 is 1.27 bits per heavy atom. The maximum Gasteiger partial charge on any atom is 0.309 e. The van der Waals surface area contributed by atoms with E-state index < -0.39 is 4.92 Å². The van der Waals surface area contributed by atoms with Crippen molar-refractivity contribution in [2.75, 3.05) is 5.32 Å². The van der Waals surface area contributed by atoms with Crippen LogP contribution in [0.4, 0.5) is 11.5 Å². The first-order valence-electron chi connectivity index (χ1n) is 8.07. The number of hydrogen-bond acceptors (Lipinski definition) is 5. The largest absolute Gasteiger partial charge is 0.309 e. The van der Waals surface area contributed by atoms with Gasteiger partial charge in [-0.25, -0.2) is 0 Å². The standard InChI is InChI=1S/C17H18N6O3/c1-13-15(23(25)26)11-18-22(13)10-8-17(24)19-16-7-9-21(20-16)12-14-5-3-2-4-6-14/h2-7,9,11H,8,10,12H2,1H3,(H,19,20,24). The van der Waals surface area contributed by atoms with Gasteiger partial charge in [0.15, 0.2) is 5.82 Å². The van der Waals surface area contributed by atoms with Crippen molar-refractivity contribution in [1.82, 2.24) is 19.6 Å². The zero-order valence-electron chi connectivity index (χ0n) is 14.2. The Morgan fingerprint density at radius 3 is 2.73 bits per heavy atom. The van der Waals surface area contributed by atoms with Gasteiger partial charge in [0.1, 0.15) is 11.9 Å². The minimum Gasteiger partial charge on any atom is -0.309 e. The normalized spacial score (nSPS) is 10.7. The quantitative estimate of drug-likeness (QED) is 0.518. The Balaban J connectivity index is 1.53. The second-order valence-electron chi connectivity index (χ2n) is 5.78. The number of benzene rings is 1. The number of nitro groups is 1. The van der Waals surface area contributed by atoms with Crippen LogP contribution < -0.4 is 5.32 Å². The lowest BCUT2D eigenvalue weighted by Crippen LogP contribution is -2.16. The van der Waals surface area contributed by atoms with Crippen LogP contribution in [-0.2, 0) is 17.9 Å². The molecule has 0 unspecified atom stereocenters. The van der Waals surface area contributed by atoms with Crippen molar-refractivity contribution in [2.24, 2.45) is 0 Å². The Labute approximate surface area is 149 Å². The summed E-state index contributed by atoms with van der Waals surface area (Å²) in [6.45, 7) is 2.48. The van der Waals surface area contributed by atoms with Crippen LogP contribution in [0.15, 0.2) is 48.8 Å². The molecule has 0 atom stereocenters. The molecule has 0 aliphatic rings. The summed E-state index contributed by atoms with van der Waals surface area (Å²) >= 11 is 0. The third-order valence-corrected chi connectivity index (χ3v) is 3.92. The molecule has 134 valence electrons. The summed E-state index contributed by atoms with van der Waals surface area (Å²) in [4.78, 5) is 22.4. The second kappa shape index (κ2) is 7.60. The van der Waals surface area contributed by atoms with E-state index in [4.69, 9.17) is 0 Å². The van der Waals surface area contributed by atoms with Gasteiger partial charge in [-0.3, -0.25) is 24.3 Å². The van der Waals surface area contributed by atoms with E-state index in [1.807, 2.05) is 30.3 Å². The van der Waals surface area contributed by atoms with Crippen LogP contribution in [0.1, 0.15) is 17.7 Å². The molecule has 0 saturated heterocycles. The van der Waals surface area contributed by atoms with E-state index in [1.54, 1.807) is 23.9 Å². The molecule has 1 amide bonds. The number of anilines is 1. The summed E-state index contributed by atoms with van der Waals surface area (Å²) < 4.78 is 3.19. The van der Waals surface area contributed by atoms with Crippen LogP contribution in [-0.4, -0.2) is 30.4 Å². The lowest BCUT2D eigenvalue weighted by atomic mass is 10.2. The number of nitrogens with zero attached hydrogens (tertiary/aromatic N) is 5. The number of amides is 1. The molecule has 0 spiro atoms. The number of aromatic nitrogens is 4. The second-order valence-corrected chi connectivity index (χ2v) is 5.78. The van der Waals surface area contributed by atoms with E-state index in [2.05, 4.69) is 15.5 Å². The average Bonchev–Trinajstić information content (AvgIpc) is 3.20. The van der Waals surface area contributed by atoms with E-state index in [0.717, 1.165) is 5.56 Å². The summed E-state index contributed by atoms with van der Waals surface area (Å²) in [6, 6.07) is 11.6. The van der Waals surface area contributed by atoms with E-state index in [1.165, 1.54) is 10.9 Å². The van der Waals surface area contributed by atoms with Crippen molar-refractivity contribution in [1.29, 1.82) is 0 Å². The van der Waals surface area contributed by atoms with Crippen molar-refractivity contribution in [3.63, 3.8) is 0 Å². The number of carbonyl (C=O) groups excluding carboxylic acids is 1. The van der Waals surface area contributed by atoms with Gasteiger partial charge in [0.25, 0.3) is 0 Å². The van der Waals surface area contributed by atoms with Gasteiger partial charge in [0.2, 0.25) is 5.91 Å². The Hall–Kier alpha value is -3.49. The highest BCUT2D eigenvalue weighted by Gasteiger charge is 2.16. The highest BCUT2D eigenvalue weighted by atomic mass is 16.6. The number of rotatable bonds is 7. The minimum atomic E-state index is -0.488. The Morgan fingerprint density at radius 2 is 2.04 bits per heavy atom.